The Hall–Kier alpha value is -2.74. The number of nitrogens with one attached hydrogen (secondary N) is 1. The second-order valence-corrected chi connectivity index (χ2v) is 6.59. The van der Waals surface area contributed by atoms with E-state index in [1.54, 1.807) is 18.2 Å². The van der Waals surface area contributed by atoms with Crippen LogP contribution in [0.5, 0.6) is 0 Å². The van der Waals surface area contributed by atoms with Crippen molar-refractivity contribution >= 4 is 39.9 Å². The lowest BCUT2D eigenvalue weighted by Crippen LogP contribution is -2.11. The van der Waals surface area contributed by atoms with Crippen LogP contribution in [-0.2, 0) is 0 Å². The summed E-state index contributed by atoms with van der Waals surface area (Å²) in [6.45, 7) is 0. The first-order valence-electron chi connectivity index (χ1n) is 7.45. The second-order valence-electron chi connectivity index (χ2n) is 5.35. The summed E-state index contributed by atoms with van der Waals surface area (Å²) in [5, 5.41) is 13.6. The van der Waals surface area contributed by atoms with Crippen molar-refractivity contribution in [3.8, 4) is 11.1 Å². The Balaban J connectivity index is 1.73. The molecule has 3 aromatic rings. The smallest absolute Gasteiger partial charge is 0.269 e. The minimum absolute atomic E-state index is 0.0603. The molecule has 0 fully saturated rings. The van der Waals surface area contributed by atoms with Crippen molar-refractivity contribution in [3.63, 3.8) is 0 Å². The number of nitrogens with zero attached hydrogens (tertiary/aromatic N) is 1. The molecule has 0 aromatic heterocycles. The average Bonchev–Trinajstić information content (AvgIpc) is 2.62. The molecule has 0 aliphatic rings. The molecule has 124 valence electrons. The van der Waals surface area contributed by atoms with Gasteiger partial charge in [0.05, 0.1) is 4.92 Å². The molecule has 0 unspecified atom stereocenters. The number of benzene rings is 3. The first-order valence-corrected chi connectivity index (χ1v) is 8.52. The van der Waals surface area contributed by atoms with E-state index >= 15 is 0 Å². The largest absolute Gasteiger partial charge is 0.322 e. The molecule has 0 spiro atoms. The van der Waals surface area contributed by atoms with Gasteiger partial charge in [-0.05, 0) is 76.2 Å². The molecular formula is C19H13IN2O3. The zero-order valence-electron chi connectivity index (χ0n) is 13.0. The number of amides is 1. The third-order valence-electron chi connectivity index (χ3n) is 3.64. The summed E-state index contributed by atoms with van der Waals surface area (Å²) < 4.78 is 0.999. The molecule has 1 amide bonds. The standard InChI is InChI=1S/C19H13IN2O3/c20-16-3-1-2-15(12-16)19(23)21-17-8-4-13(5-9-17)14-6-10-18(11-7-14)22(24)25/h1-12H,(H,21,23). The topological polar surface area (TPSA) is 72.2 Å². The predicted molar refractivity (Wildman–Crippen MR) is 106 cm³/mol. The minimum Gasteiger partial charge on any atom is -0.322 e. The van der Waals surface area contributed by atoms with E-state index in [4.69, 9.17) is 0 Å². The van der Waals surface area contributed by atoms with Gasteiger partial charge in [-0.3, -0.25) is 14.9 Å². The number of halogens is 1. The molecule has 0 heterocycles. The van der Waals surface area contributed by atoms with Gasteiger partial charge in [0.2, 0.25) is 0 Å². The Bertz CT molecular complexity index is 922. The Morgan fingerprint density at radius 1 is 0.920 bits per heavy atom. The Labute approximate surface area is 158 Å². The number of hydrogen-bond donors (Lipinski definition) is 1. The molecule has 6 heteroatoms. The highest BCUT2D eigenvalue weighted by atomic mass is 127. The highest BCUT2D eigenvalue weighted by Crippen LogP contribution is 2.24. The summed E-state index contributed by atoms with van der Waals surface area (Å²) in [6.07, 6.45) is 0. The van der Waals surface area contributed by atoms with Crippen LogP contribution in [0, 0.1) is 13.7 Å². The van der Waals surface area contributed by atoms with Crippen LogP contribution in [0.1, 0.15) is 10.4 Å². The van der Waals surface area contributed by atoms with E-state index in [1.165, 1.54) is 12.1 Å². The zero-order chi connectivity index (χ0) is 17.8. The Kier molecular flexibility index (Phi) is 5.08. The number of hydrogen-bond acceptors (Lipinski definition) is 3. The van der Waals surface area contributed by atoms with Gasteiger partial charge < -0.3 is 5.32 Å². The number of rotatable bonds is 4. The third kappa shape index (κ3) is 4.21. The van der Waals surface area contributed by atoms with Crippen molar-refractivity contribution in [3.05, 3.63) is 92.0 Å². The van der Waals surface area contributed by atoms with Gasteiger partial charge in [-0.25, -0.2) is 0 Å². The second kappa shape index (κ2) is 7.43. The number of nitro groups is 1. The third-order valence-corrected chi connectivity index (χ3v) is 4.31. The van der Waals surface area contributed by atoms with Crippen LogP contribution in [0.15, 0.2) is 72.8 Å². The molecule has 25 heavy (non-hydrogen) atoms. The monoisotopic (exact) mass is 444 g/mol. The van der Waals surface area contributed by atoms with Crippen molar-refractivity contribution in [1.82, 2.24) is 0 Å². The van der Waals surface area contributed by atoms with Crippen molar-refractivity contribution in [2.45, 2.75) is 0 Å². The van der Waals surface area contributed by atoms with Gasteiger partial charge >= 0.3 is 0 Å². The molecule has 0 bridgehead atoms. The van der Waals surface area contributed by atoms with Crippen LogP contribution in [0.25, 0.3) is 11.1 Å². The lowest BCUT2D eigenvalue weighted by molar-refractivity contribution is -0.384. The van der Waals surface area contributed by atoms with E-state index < -0.39 is 4.92 Å². The fraction of sp³-hybridized carbons (Fsp3) is 0. The van der Waals surface area contributed by atoms with E-state index in [0.29, 0.717) is 11.3 Å². The fourth-order valence-corrected chi connectivity index (χ4v) is 2.90. The van der Waals surface area contributed by atoms with Crippen LogP contribution in [-0.4, -0.2) is 10.8 Å². The summed E-state index contributed by atoms with van der Waals surface area (Å²) in [6, 6.07) is 21.1. The van der Waals surface area contributed by atoms with E-state index in [1.807, 2.05) is 42.5 Å². The van der Waals surface area contributed by atoms with Gasteiger partial charge in [0.15, 0.2) is 0 Å². The molecule has 0 aliphatic heterocycles. The number of nitro benzene ring substituents is 1. The van der Waals surface area contributed by atoms with Crippen LogP contribution < -0.4 is 5.32 Å². The molecule has 0 atom stereocenters. The maximum absolute atomic E-state index is 12.2. The minimum atomic E-state index is -0.423. The molecular weight excluding hydrogens is 431 g/mol. The average molecular weight is 444 g/mol. The van der Waals surface area contributed by atoms with Crippen LogP contribution in [0.3, 0.4) is 0 Å². The molecule has 0 radical (unpaired) electrons. The van der Waals surface area contributed by atoms with E-state index in [9.17, 15) is 14.9 Å². The highest BCUT2D eigenvalue weighted by molar-refractivity contribution is 14.1. The first-order chi connectivity index (χ1) is 12.0. The zero-order valence-corrected chi connectivity index (χ0v) is 15.1. The van der Waals surface area contributed by atoms with Crippen molar-refractivity contribution < 1.29 is 9.72 Å². The summed E-state index contributed by atoms with van der Waals surface area (Å²) in [7, 11) is 0. The van der Waals surface area contributed by atoms with E-state index in [2.05, 4.69) is 27.9 Å². The summed E-state index contributed by atoms with van der Waals surface area (Å²) in [5.41, 5.74) is 3.15. The van der Waals surface area contributed by atoms with Gasteiger partial charge in [-0.15, -0.1) is 0 Å². The van der Waals surface area contributed by atoms with Gasteiger partial charge in [-0.2, -0.15) is 0 Å². The maximum atomic E-state index is 12.2. The van der Waals surface area contributed by atoms with Gasteiger partial charge in [0, 0.05) is 27.0 Å². The number of non-ortho nitro benzene ring substituents is 1. The maximum Gasteiger partial charge on any atom is 0.269 e. The highest BCUT2D eigenvalue weighted by Gasteiger charge is 2.08. The number of carbonyl (C=O) groups is 1. The van der Waals surface area contributed by atoms with Crippen LogP contribution in [0.2, 0.25) is 0 Å². The number of carbonyl (C=O) groups excluding carboxylic acids is 1. The van der Waals surface area contributed by atoms with Gasteiger partial charge in [0.1, 0.15) is 0 Å². The molecule has 0 saturated heterocycles. The summed E-state index contributed by atoms with van der Waals surface area (Å²) >= 11 is 2.16. The van der Waals surface area contributed by atoms with Crippen LogP contribution >= 0.6 is 22.6 Å². The predicted octanol–water partition coefficient (Wildman–Crippen LogP) is 5.12. The lowest BCUT2D eigenvalue weighted by atomic mass is 10.0. The van der Waals surface area contributed by atoms with Crippen molar-refractivity contribution in [2.24, 2.45) is 0 Å². The summed E-state index contributed by atoms with van der Waals surface area (Å²) in [4.78, 5) is 22.5. The van der Waals surface area contributed by atoms with Gasteiger partial charge in [0.25, 0.3) is 11.6 Å². The Morgan fingerprint density at radius 2 is 1.52 bits per heavy atom. The SMILES string of the molecule is O=C(Nc1ccc(-c2ccc([N+](=O)[O-])cc2)cc1)c1cccc(I)c1. The molecule has 3 rings (SSSR count). The van der Waals surface area contributed by atoms with E-state index in [0.717, 1.165) is 14.7 Å². The molecule has 0 saturated carbocycles. The van der Waals surface area contributed by atoms with Crippen LogP contribution in [0.4, 0.5) is 11.4 Å². The lowest BCUT2D eigenvalue weighted by Gasteiger charge is -2.07. The fourth-order valence-electron chi connectivity index (χ4n) is 2.35. The first kappa shape index (κ1) is 17.1. The quantitative estimate of drug-likeness (QED) is 0.345. The van der Waals surface area contributed by atoms with Gasteiger partial charge in [-0.1, -0.05) is 18.2 Å². The normalized spacial score (nSPS) is 10.3. The molecule has 5 nitrogen and oxygen atoms in total. The molecule has 0 aliphatic carbocycles. The Morgan fingerprint density at radius 3 is 2.08 bits per heavy atom. The van der Waals surface area contributed by atoms with Crippen molar-refractivity contribution in [1.29, 1.82) is 0 Å². The summed E-state index contributed by atoms with van der Waals surface area (Å²) in [5.74, 6) is -0.165. The molecule has 3 aromatic carbocycles. The van der Waals surface area contributed by atoms with E-state index in [-0.39, 0.29) is 11.6 Å². The van der Waals surface area contributed by atoms with Crippen molar-refractivity contribution in [2.75, 3.05) is 5.32 Å². The molecule has 1 N–H and O–H groups in total. The number of anilines is 1.